The molecule has 1 N–H and O–H groups in total. The molecule has 5 nitrogen and oxygen atoms in total. The molecule has 0 spiro atoms. The topological polar surface area (TPSA) is 72.6 Å². The molecule has 1 aliphatic rings. The van der Waals surface area contributed by atoms with Crippen molar-refractivity contribution in [3.8, 4) is 0 Å². The van der Waals surface area contributed by atoms with Gasteiger partial charge in [0, 0.05) is 0 Å². The number of sulfonamides is 1. The Balaban J connectivity index is 2.65. The minimum absolute atomic E-state index is 0.0172. The minimum Gasteiger partial charge on any atom is -0.205 e. The Bertz CT molecular complexity index is 299. The predicted octanol–water partition coefficient (Wildman–Crippen LogP) is 0.284. The Hall–Kier alpha value is -0.270. The number of hydrogen-bond acceptors (Lipinski definition) is 4. The maximum atomic E-state index is 11.1. The number of thioether (sulfide) groups is 1. The molecule has 0 saturated carbocycles. The highest BCUT2D eigenvalue weighted by atomic mass is 32.2. The quantitative estimate of drug-likeness (QED) is 0.744. The van der Waals surface area contributed by atoms with Crippen molar-refractivity contribution in [3.05, 3.63) is 0 Å². The smallest absolute Gasteiger partial charge is 0.205 e. The first-order valence-electron chi connectivity index (χ1n) is 4.03. The fourth-order valence-corrected chi connectivity index (χ4v) is 2.26. The zero-order valence-electron chi connectivity index (χ0n) is 7.52. The van der Waals surface area contributed by atoms with Gasteiger partial charge in [-0.05, 0) is 13.3 Å². The van der Waals surface area contributed by atoms with Crippen LogP contribution in [0.15, 0.2) is 4.40 Å². The number of amidine groups is 1. The van der Waals surface area contributed by atoms with Crippen LogP contribution in [0.5, 0.6) is 0 Å². The van der Waals surface area contributed by atoms with E-state index in [0.29, 0.717) is 5.17 Å². The molecule has 75 valence electrons. The van der Waals surface area contributed by atoms with E-state index in [-0.39, 0.29) is 11.1 Å². The molecular formula is C6H12N3O2S2. The molecule has 1 rings (SSSR count). The summed E-state index contributed by atoms with van der Waals surface area (Å²) in [7, 11) is -3.30. The standard InChI is InChI=1S/C6H12N3O2S2/c1-3-5-7-8-6(12-5)9-13(10,11)4-2/h5,7H,3-4H2,1-2H3. The molecule has 1 radical (unpaired) electrons. The van der Waals surface area contributed by atoms with Crippen molar-refractivity contribution in [1.29, 1.82) is 0 Å². The summed E-state index contributed by atoms with van der Waals surface area (Å²) in [4.78, 5) is 0. The Labute approximate surface area is 82.4 Å². The highest BCUT2D eigenvalue weighted by Crippen LogP contribution is 2.18. The van der Waals surface area contributed by atoms with Gasteiger partial charge in [-0.2, -0.15) is 10.9 Å². The van der Waals surface area contributed by atoms with E-state index in [1.807, 2.05) is 6.92 Å². The molecule has 0 aromatic carbocycles. The second-order valence-corrected chi connectivity index (χ2v) is 5.59. The van der Waals surface area contributed by atoms with Gasteiger partial charge in [-0.1, -0.05) is 18.7 Å². The van der Waals surface area contributed by atoms with Crippen LogP contribution in [0.1, 0.15) is 20.3 Å². The van der Waals surface area contributed by atoms with Crippen molar-refractivity contribution in [2.24, 2.45) is 4.40 Å². The van der Waals surface area contributed by atoms with Gasteiger partial charge in [0.25, 0.3) is 10.0 Å². The number of hydrogen-bond donors (Lipinski definition) is 1. The van der Waals surface area contributed by atoms with Gasteiger partial charge >= 0.3 is 0 Å². The SMILES string of the molecule is CCC1N[N]C(=NS(=O)(=O)CC)S1. The third kappa shape index (κ3) is 3.17. The third-order valence-corrected chi connectivity index (χ3v) is 3.92. The Morgan fingerprint density at radius 2 is 2.31 bits per heavy atom. The van der Waals surface area contributed by atoms with Gasteiger partial charge in [-0.15, -0.1) is 4.40 Å². The van der Waals surface area contributed by atoms with Gasteiger partial charge in [0.15, 0.2) is 0 Å². The van der Waals surface area contributed by atoms with Crippen molar-refractivity contribution >= 4 is 27.0 Å². The number of nitrogens with zero attached hydrogens (tertiary/aromatic N) is 2. The van der Waals surface area contributed by atoms with E-state index in [4.69, 9.17) is 0 Å². The van der Waals surface area contributed by atoms with Crippen LogP contribution in [-0.4, -0.2) is 24.7 Å². The van der Waals surface area contributed by atoms with E-state index in [1.165, 1.54) is 11.8 Å². The normalized spacial score (nSPS) is 26.3. The molecule has 13 heavy (non-hydrogen) atoms. The van der Waals surface area contributed by atoms with Gasteiger partial charge < -0.3 is 0 Å². The summed E-state index contributed by atoms with van der Waals surface area (Å²) in [5, 5.41) is 0.472. The molecule has 1 unspecified atom stereocenters. The second kappa shape index (κ2) is 4.30. The lowest BCUT2D eigenvalue weighted by Crippen LogP contribution is -2.24. The summed E-state index contributed by atoms with van der Waals surface area (Å²) in [6, 6.07) is 0. The number of rotatable bonds is 3. The molecule has 1 aliphatic heterocycles. The van der Waals surface area contributed by atoms with Crippen molar-refractivity contribution in [2.75, 3.05) is 5.75 Å². The van der Waals surface area contributed by atoms with E-state index in [9.17, 15) is 8.42 Å². The Morgan fingerprint density at radius 3 is 2.77 bits per heavy atom. The van der Waals surface area contributed by atoms with Crippen LogP contribution >= 0.6 is 11.8 Å². The van der Waals surface area contributed by atoms with Gasteiger partial charge in [0.05, 0.1) is 11.1 Å². The first-order valence-corrected chi connectivity index (χ1v) is 6.52. The molecule has 1 fully saturated rings. The predicted molar refractivity (Wildman–Crippen MR) is 53.8 cm³/mol. The van der Waals surface area contributed by atoms with Crippen molar-refractivity contribution < 1.29 is 8.42 Å². The van der Waals surface area contributed by atoms with E-state index in [0.717, 1.165) is 6.42 Å². The molecule has 0 aromatic rings. The Morgan fingerprint density at radius 1 is 1.62 bits per heavy atom. The number of nitrogens with one attached hydrogen (secondary N) is 1. The molecule has 1 atom stereocenters. The van der Waals surface area contributed by atoms with E-state index < -0.39 is 10.0 Å². The summed E-state index contributed by atoms with van der Waals surface area (Å²) in [5.41, 5.74) is 6.60. The zero-order valence-corrected chi connectivity index (χ0v) is 9.15. The van der Waals surface area contributed by atoms with Crippen molar-refractivity contribution in [2.45, 2.75) is 25.6 Å². The van der Waals surface area contributed by atoms with Crippen LogP contribution in [0.2, 0.25) is 0 Å². The Kier molecular flexibility index (Phi) is 3.57. The molecule has 0 aromatic heterocycles. The summed E-state index contributed by atoms with van der Waals surface area (Å²) in [6.07, 6.45) is 0.888. The summed E-state index contributed by atoms with van der Waals surface area (Å²) in [6.45, 7) is 3.56. The lowest BCUT2D eigenvalue weighted by atomic mass is 10.5. The highest BCUT2D eigenvalue weighted by molar-refractivity contribution is 8.15. The zero-order chi connectivity index (χ0) is 9.90. The van der Waals surface area contributed by atoms with Gasteiger partial charge in [-0.25, -0.2) is 8.42 Å². The molecule has 7 heteroatoms. The van der Waals surface area contributed by atoms with Gasteiger partial charge in [0.2, 0.25) is 5.17 Å². The van der Waals surface area contributed by atoms with Crippen LogP contribution in [0.3, 0.4) is 0 Å². The van der Waals surface area contributed by atoms with Crippen LogP contribution in [0, 0.1) is 0 Å². The fraction of sp³-hybridized carbons (Fsp3) is 0.833. The van der Waals surface area contributed by atoms with E-state index >= 15 is 0 Å². The largest absolute Gasteiger partial charge is 0.255 e. The van der Waals surface area contributed by atoms with Crippen molar-refractivity contribution in [3.63, 3.8) is 0 Å². The second-order valence-electron chi connectivity index (χ2n) is 2.50. The average molecular weight is 222 g/mol. The molecule has 0 amide bonds. The minimum atomic E-state index is -3.30. The summed E-state index contributed by atoms with van der Waals surface area (Å²) >= 11 is 1.35. The average Bonchev–Trinajstić information content (AvgIpc) is 2.52. The molecule has 0 aliphatic carbocycles. The maximum Gasteiger partial charge on any atom is 0.255 e. The molecule has 1 heterocycles. The van der Waals surface area contributed by atoms with Crippen LogP contribution in [-0.2, 0) is 10.0 Å². The van der Waals surface area contributed by atoms with Crippen molar-refractivity contribution in [1.82, 2.24) is 10.9 Å². The monoisotopic (exact) mass is 222 g/mol. The summed E-state index contributed by atoms with van der Waals surface area (Å²) in [5.74, 6) is 0.0172. The van der Waals surface area contributed by atoms with Crippen LogP contribution in [0.4, 0.5) is 0 Å². The lowest BCUT2D eigenvalue weighted by molar-refractivity contribution is 0.597. The van der Waals surface area contributed by atoms with E-state index in [2.05, 4.69) is 15.2 Å². The van der Waals surface area contributed by atoms with Crippen LogP contribution < -0.4 is 10.9 Å². The highest BCUT2D eigenvalue weighted by Gasteiger charge is 2.22. The molecule has 1 saturated heterocycles. The first-order chi connectivity index (χ1) is 6.07. The third-order valence-electron chi connectivity index (χ3n) is 1.50. The first kappa shape index (κ1) is 10.8. The molecule has 0 bridgehead atoms. The lowest BCUT2D eigenvalue weighted by Gasteiger charge is -1.98. The maximum absolute atomic E-state index is 11.1. The van der Waals surface area contributed by atoms with Gasteiger partial charge in [0.1, 0.15) is 0 Å². The van der Waals surface area contributed by atoms with E-state index in [1.54, 1.807) is 6.92 Å². The van der Waals surface area contributed by atoms with Crippen LogP contribution in [0.25, 0.3) is 0 Å². The fourth-order valence-electron chi connectivity index (χ4n) is 0.707. The summed E-state index contributed by atoms with van der Waals surface area (Å²) < 4.78 is 25.7. The molecular weight excluding hydrogens is 210 g/mol. The van der Waals surface area contributed by atoms with Gasteiger partial charge in [-0.3, -0.25) is 0 Å².